The van der Waals surface area contributed by atoms with Crippen LogP contribution in [0.5, 0.6) is 5.75 Å². The molecular formula is C13H8INO2. The van der Waals surface area contributed by atoms with Crippen LogP contribution >= 0.6 is 22.6 Å². The lowest BCUT2D eigenvalue weighted by Crippen LogP contribution is -2.04. The first-order valence-corrected chi connectivity index (χ1v) is 6.18. The smallest absolute Gasteiger partial charge is 0.197 e. The highest BCUT2D eigenvalue weighted by molar-refractivity contribution is 14.1. The number of nitrogens with one attached hydrogen (secondary N) is 1. The molecule has 1 aromatic heterocycles. The second-order valence-electron chi connectivity index (χ2n) is 3.84. The lowest BCUT2D eigenvalue weighted by atomic mass is 10.1. The van der Waals surface area contributed by atoms with E-state index in [1.807, 2.05) is 12.1 Å². The molecule has 0 fully saturated rings. The number of hydrogen-bond acceptors (Lipinski definition) is 2. The van der Waals surface area contributed by atoms with Gasteiger partial charge in [0.1, 0.15) is 5.75 Å². The average Bonchev–Trinajstić information content (AvgIpc) is 2.30. The maximum Gasteiger partial charge on any atom is 0.197 e. The SMILES string of the molecule is O=c1c2ccc(I)cc2[nH]c2c(O)cccc12. The van der Waals surface area contributed by atoms with E-state index in [0.29, 0.717) is 16.3 Å². The number of rotatable bonds is 0. The molecule has 0 radical (unpaired) electrons. The van der Waals surface area contributed by atoms with Gasteiger partial charge in [0.15, 0.2) is 5.43 Å². The summed E-state index contributed by atoms with van der Waals surface area (Å²) in [5.74, 6) is 0.0976. The number of hydrogen-bond donors (Lipinski definition) is 2. The molecule has 2 N–H and O–H groups in total. The van der Waals surface area contributed by atoms with Gasteiger partial charge < -0.3 is 10.1 Å². The zero-order valence-electron chi connectivity index (χ0n) is 8.70. The van der Waals surface area contributed by atoms with Crippen LogP contribution in [0.15, 0.2) is 41.2 Å². The van der Waals surface area contributed by atoms with E-state index >= 15 is 0 Å². The third kappa shape index (κ3) is 1.59. The number of phenols is 1. The predicted molar refractivity (Wildman–Crippen MR) is 76.5 cm³/mol. The van der Waals surface area contributed by atoms with E-state index in [-0.39, 0.29) is 11.2 Å². The van der Waals surface area contributed by atoms with Crippen LogP contribution in [0.25, 0.3) is 21.8 Å². The Kier molecular flexibility index (Phi) is 2.32. The summed E-state index contributed by atoms with van der Waals surface area (Å²) >= 11 is 2.19. The fourth-order valence-electron chi connectivity index (χ4n) is 1.96. The highest BCUT2D eigenvalue weighted by Gasteiger charge is 2.07. The van der Waals surface area contributed by atoms with Gasteiger partial charge in [0.2, 0.25) is 0 Å². The summed E-state index contributed by atoms with van der Waals surface area (Å²) < 4.78 is 1.04. The van der Waals surface area contributed by atoms with Crippen molar-refractivity contribution in [2.75, 3.05) is 0 Å². The zero-order valence-corrected chi connectivity index (χ0v) is 10.9. The number of H-pyrrole nitrogens is 1. The first-order chi connectivity index (χ1) is 8.16. The topological polar surface area (TPSA) is 53.1 Å². The zero-order chi connectivity index (χ0) is 12.0. The Hall–Kier alpha value is -1.56. The molecule has 1 heterocycles. The van der Waals surface area contributed by atoms with Crippen molar-refractivity contribution in [1.82, 2.24) is 4.98 Å². The van der Waals surface area contributed by atoms with E-state index in [4.69, 9.17) is 0 Å². The largest absolute Gasteiger partial charge is 0.506 e. The molecule has 4 heteroatoms. The minimum atomic E-state index is -0.0546. The van der Waals surface area contributed by atoms with E-state index in [1.165, 1.54) is 0 Å². The summed E-state index contributed by atoms with van der Waals surface area (Å²) in [6.07, 6.45) is 0. The first-order valence-electron chi connectivity index (χ1n) is 5.10. The van der Waals surface area contributed by atoms with Gasteiger partial charge in [-0.3, -0.25) is 4.79 Å². The average molecular weight is 337 g/mol. The van der Waals surface area contributed by atoms with Crippen LogP contribution in [0.2, 0.25) is 0 Å². The molecule has 0 bridgehead atoms. The second kappa shape index (κ2) is 3.73. The Bertz CT molecular complexity index is 792. The molecule has 0 aliphatic heterocycles. The molecule has 0 atom stereocenters. The highest BCUT2D eigenvalue weighted by Crippen LogP contribution is 2.23. The normalized spacial score (nSPS) is 11.1. The molecule has 0 saturated carbocycles. The van der Waals surface area contributed by atoms with Crippen molar-refractivity contribution in [2.24, 2.45) is 0 Å². The molecule has 84 valence electrons. The van der Waals surface area contributed by atoms with Crippen molar-refractivity contribution in [3.8, 4) is 5.75 Å². The maximum absolute atomic E-state index is 12.2. The van der Waals surface area contributed by atoms with Crippen molar-refractivity contribution in [3.05, 3.63) is 50.2 Å². The van der Waals surface area contributed by atoms with E-state index in [2.05, 4.69) is 27.6 Å². The fraction of sp³-hybridized carbons (Fsp3) is 0. The van der Waals surface area contributed by atoms with Crippen molar-refractivity contribution in [1.29, 1.82) is 0 Å². The quantitative estimate of drug-likeness (QED) is 0.489. The van der Waals surface area contributed by atoms with E-state index in [0.717, 1.165) is 9.09 Å². The van der Waals surface area contributed by atoms with Gasteiger partial charge in [-0.25, -0.2) is 0 Å². The van der Waals surface area contributed by atoms with Crippen LogP contribution in [-0.4, -0.2) is 10.1 Å². The monoisotopic (exact) mass is 337 g/mol. The maximum atomic E-state index is 12.2. The molecule has 3 rings (SSSR count). The van der Waals surface area contributed by atoms with Crippen molar-refractivity contribution >= 4 is 44.4 Å². The van der Waals surface area contributed by atoms with Gasteiger partial charge >= 0.3 is 0 Å². The van der Waals surface area contributed by atoms with Gasteiger partial charge in [-0.15, -0.1) is 0 Å². The number of halogens is 1. The van der Waals surface area contributed by atoms with Gasteiger partial charge in [-0.2, -0.15) is 0 Å². The Morgan fingerprint density at radius 1 is 1.12 bits per heavy atom. The molecule has 17 heavy (non-hydrogen) atoms. The van der Waals surface area contributed by atoms with Crippen LogP contribution in [0.1, 0.15) is 0 Å². The Balaban J connectivity index is 2.62. The number of aromatic hydroxyl groups is 1. The summed E-state index contributed by atoms with van der Waals surface area (Å²) in [7, 11) is 0. The first kappa shape index (κ1) is 10.6. The van der Waals surface area contributed by atoms with Gasteiger partial charge in [0, 0.05) is 14.3 Å². The summed E-state index contributed by atoms with van der Waals surface area (Å²) in [4.78, 5) is 15.3. The minimum absolute atomic E-state index is 0.0546. The van der Waals surface area contributed by atoms with E-state index in [1.54, 1.807) is 24.3 Å². The Morgan fingerprint density at radius 3 is 2.76 bits per heavy atom. The summed E-state index contributed by atoms with van der Waals surface area (Å²) in [5, 5.41) is 10.9. The molecule has 0 aliphatic carbocycles. The van der Waals surface area contributed by atoms with Crippen LogP contribution < -0.4 is 5.43 Å². The number of aromatic amines is 1. The lowest BCUT2D eigenvalue weighted by molar-refractivity contribution is 0.480. The van der Waals surface area contributed by atoms with Gasteiger partial charge in [-0.1, -0.05) is 6.07 Å². The predicted octanol–water partition coefficient (Wildman–Crippen LogP) is 2.99. The molecule has 0 saturated heterocycles. The standard InChI is InChI=1S/C13H8INO2/c14-7-4-5-8-10(6-7)15-12-9(13(8)17)2-1-3-11(12)16/h1-6,16H,(H,15,17). The van der Waals surface area contributed by atoms with E-state index < -0.39 is 0 Å². The van der Waals surface area contributed by atoms with Crippen molar-refractivity contribution in [3.63, 3.8) is 0 Å². The van der Waals surface area contributed by atoms with Crippen LogP contribution in [0, 0.1) is 3.57 Å². The van der Waals surface area contributed by atoms with Crippen LogP contribution in [-0.2, 0) is 0 Å². The molecule has 0 unspecified atom stereocenters. The number of pyridine rings is 1. The van der Waals surface area contributed by atoms with Crippen LogP contribution in [0.3, 0.4) is 0 Å². The summed E-state index contributed by atoms with van der Waals surface area (Å²) in [6, 6.07) is 10.5. The summed E-state index contributed by atoms with van der Waals surface area (Å²) in [6.45, 7) is 0. The molecule has 0 amide bonds. The molecule has 0 spiro atoms. The molecule has 3 nitrogen and oxygen atoms in total. The lowest BCUT2D eigenvalue weighted by Gasteiger charge is -2.04. The molecular weight excluding hydrogens is 329 g/mol. The van der Waals surface area contributed by atoms with Crippen molar-refractivity contribution in [2.45, 2.75) is 0 Å². The number of benzene rings is 2. The fourth-order valence-corrected chi connectivity index (χ4v) is 2.45. The third-order valence-corrected chi connectivity index (χ3v) is 3.44. The molecule has 3 aromatic rings. The Morgan fingerprint density at radius 2 is 1.94 bits per heavy atom. The Labute approximate surface area is 110 Å². The van der Waals surface area contributed by atoms with Crippen molar-refractivity contribution < 1.29 is 5.11 Å². The van der Waals surface area contributed by atoms with Gasteiger partial charge in [0.25, 0.3) is 0 Å². The number of fused-ring (bicyclic) bond motifs is 2. The molecule has 0 aliphatic rings. The van der Waals surface area contributed by atoms with Crippen LogP contribution in [0.4, 0.5) is 0 Å². The third-order valence-electron chi connectivity index (χ3n) is 2.77. The van der Waals surface area contributed by atoms with E-state index in [9.17, 15) is 9.90 Å². The second-order valence-corrected chi connectivity index (χ2v) is 5.09. The molecule has 2 aromatic carbocycles. The number of phenolic OH excluding ortho intramolecular Hbond substituents is 1. The van der Waals surface area contributed by atoms with Gasteiger partial charge in [0.05, 0.1) is 11.0 Å². The summed E-state index contributed by atoms with van der Waals surface area (Å²) in [5.41, 5.74) is 1.18. The number of aromatic nitrogens is 1. The highest BCUT2D eigenvalue weighted by atomic mass is 127. The van der Waals surface area contributed by atoms with Gasteiger partial charge in [-0.05, 0) is 52.9 Å². The minimum Gasteiger partial charge on any atom is -0.506 e. The number of para-hydroxylation sites is 1.